The summed E-state index contributed by atoms with van der Waals surface area (Å²) in [5.74, 6) is -0.413. The van der Waals surface area contributed by atoms with Crippen LogP contribution in [0.3, 0.4) is 0 Å². The molecule has 0 aliphatic carbocycles. The number of hydrogen-bond donors (Lipinski definition) is 1. The predicted octanol–water partition coefficient (Wildman–Crippen LogP) is 2.99. The zero-order valence-electron chi connectivity index (χ0n) is 11.7. The van der Waals surface area contributed by atoms with Crippen LogP contribution in [0, 0.1) is 11.6 Å². The molecule has 5 heteroatoms. The lowest BCUT2D eigenvalue weighted by molar-refractivity contribution is 0.453. The molecular weight excluding hydrogens is 260 g/mol. The first-order valence-corrected chi connectivity index (χ1v) is 6.68. The lowest BCUT2D eigenvalue weighted by atomic mass is 9.89. The average Bonchev–Trinajstić information content (AvgIpc) is 2.75. The van der Waals surface area contributed by atoms with E-state index in [-0.39, 0.29) is 0 Å². The van der Waals surface area contributed by atoms with Gasteiger partial charge in [-0.15, -0.1) is 0 Å². The predicted molar refractivity (Wildman–Crippen MR) is 74.1 cm³/mol. The van der Waals surface area contributed by atoms with Crippen molar-refractivity contribution in [2.24, 2.45) is 5.73 Å². The van der Waals surface area contributed by atoms with Crippen molar-refractivity contribution in [3.63, 3.8) is 0 Å². The molecule has 0 spiro atoms. The van der Waals surface area contributed by atoms with Crippen LogP contribution in [-0.2, 0) is 18.5 Å². The van der Waals surface area contributed by atoms with Crippen molar-refractivity contribution >= 4 is 0 Å². The van der Waals surface area contributed by atoms with Crippen LogP contribution in [0.2, 0.25) is 0 Å². The van der Waals surface area contributed by atoms with Gasteiger partial charge < -0.3 is 10.3 Å². The second kappa shape index (κ2) is 5.71. The van der Waals surface area contributed by atoms with Crippen LogP contribution in [-0.4, -0.2) is 9.55 Å². The first-order valence-electron chi connectivity index (χ1n) is 6.68. The molecule has 1 unspecified atom stereocenters. The zero-order valence-corrected chi connectivity index (χ0v) is 11.7. The van der Waals surface area contributed by atoms with E-state index in [1.165, 1.54) is 12.1 Å². The van der Waals surface area contributed by atoms with Crippen LogP contribution < -0.4 is 5.73 Å². The fourth-order valence-corrected chi connectivity index (χ4v) is 2.27. The Morgan fingerprint density at radius 3 is 2.50 bits per heavy atom. The highest BCUT2D eigenvalue weighted by Crippen LogP contribution is 2.24. The van der Waals surface area contributed by atoms with E-state index in [0.29, 0.717) is 12.0 Å². The second-order valence-corrected chi connectivity index (χ2v) is 5.29. The van der Waals surface area contributed by atoms with E-state index in [2.05, 4.69) is 11.9 Å². The van der Waals surface area contributed by atoms with Gasteiger partial charge in [-0.1, -0.05) is 6.92 Å². The molecular formula is C15H19F2N3. The molecule has 0 fully saturated rings. The molecule has 108 valence electrons. The maximum atomic E-state index is 13.3. The molecule has 2 N–H and O–H groups in total. The summed E-state index contributed by atoms with van der Waals surface area (Å²) < 4.78 is 28.7. The third-order valence-corrected chi connectivity index (χ3v) is 3.31. The average molecular weight is 279 g/mol. The van der Waals surface area contributed by atoms with E-state index in [1.54, 1.807) is 13.1 Å². The number of halogens is 2. The minimum atomic E-state index is -0.875. The third kappa shape index (κ3) is 3.22. The van der Waals surface area contributed by atoms with Gasteiger partial charge in [-0.3, -0.25) is 0 Å². The molecule has 1 heterocycles. The summed E-state index contributed by atoms with van der Waals surface area (Å²) in [4.78, 5) is 4.29. The molecule has 20 heavy (non-hydrogen) atoms. The SMILES string of the molecule is CCCn1ccnc1CC(C)(N)c1cc(F)cc(F)c1. The summed E-state index contributed by atoms with van der Waals surface area (Å²) >= 11 is 0. The molecule has 0 aliphatic heterocycles. The third-order valence-electron chi connectivity index (χ3n) is 3.31. The van der Waals surface area contributed by atoms with Crippen LogP contribution >= 0.6 is 0 Å². The van der Waals surface area contributed by atoms with Gasteiger partial charge in [0.25, 0.3) is 0 Å². The van der Waals surface area contributed by atoms with Gasteiger partial charge in [-0.25, -0.2) is 13.8 Å². The standard InChI is InChI=1S/C15H19F2N3/c1-3-5-20-6-4-19-14(20)10-15(2,18)11-7-12(16)9-13(17)8-11/h4,6-9H,3,5,10,18H2,1-2H3. The first kappa shape index (κ1) is 14.7. The molecule has 1 aromatic heterocycles. The molecule has 0 saturated carbocycles. The molecule has 1 atom stereocenters. The molecule has 2 aromatic rings. The van der Waals surface area contributed by atoms with Crippen molar-refractivity contribution < 1.29 is 8.78 Å². The van der Waals surface area contributed by atoms with Crippen molar-refractivity contribution in [3.05, 3.63) is 53.6 Å². The molecule has 0 radical (unpaired) electrons. The normalized spacial score (nSPS) is 14.2. The van der Waals surface area contributed by atoms with Crippen LogP contribution in [0.4, 0.5) is 8.78 Å². The fraction of sp³-hybridized carbons (Fsp3) is 0.400. The lowest BCUT2D eigenvalue weighted by Gasteiger charge is -2.25. The molecule has 0 saturated heterocycles. The Morgan fingerprint density at radius 2 is 1.90 bits per heavy atom. The quantitative estimate of drug-likeness (QED) is 0.914. The number of rotatable bonds is 5. The van der Waals surface area contributed by atoms with E-state index in [0.717, 1.165) is 24.9 Å². The van der Waals surface area contributed by atoms with Crippen molar-refractivity contribution in [2.75, 3.05) is 0 Å². The van der Waals surface area contributed by atoms with E-state index in [9.17, 15) is 8.78 Å². The van der Waals surface area contributed by atoms with Crippen LogP contribution in [0.1, 0.15) is 31.7 Å². The Morgan fingerprint density at radius 1 is 1.25 bits per heavy atom. The number of nitrogens with two attached hydrogens (primary N) is 1. The maximum absolute atomic E-state index is 13.3. The van der Waals surface area contributed by atoms with Crippen molar-refractivity contribution in [3.8, 4) is 0 Å². The van der Waals surface area contributed by atoms with Gasteiger partial charge in [-0.2, -0.15) is 0 Å². The number of benzene rings is 1. The summed E-state index contributed by atoms with van der Waals surface area (Å²) in [6, 6.07) is 3.39. The zero-order chi connectivity index (χ0) is 14.8. The number of aryl methyl sites for hydroxylation is 1. The van der Waals surface area contributed by atoms with Crippen LogP contribution in [0.25, 0.3) is 0 Å². The summed E-state index contributed by atoms with van der Waals surface area (Å²) in [5.41, 5.74) is 5.80. The van der Waals surface area contributed by atoms with Crippen molar-refractivity contribution in [1.82, 2.24) is 9.55 Å². The fourth-order valence-electron chi connectivity index (χ4n) is 2.27. The molecule has 2 rings (SSSR count). The Hall–Kier alpha value is -1.75. The van der Waals surface area contributed by atoms with E-state index >= 15 is 0 Å². The highest BCUT2D eigenvalue weighted by atomic mass is 19.1. The monoisotopic (exact) mass is 279 g/mol. The highest BCUT2D eigenvalue weighted by Gasteiger charge is 2.25. The van der Waals surface area contributed by atoms with Crippen molar-refractivity contribution in [1.29, 1.82) is 0 Å². The second-order valence-electron chi connectivity index (χ2n) is 5.29. The van der Waals surface area contributed by atoms with Gasteiger partial charge >= 0.3 is 0 Å². The van der Waals surface area contributed by atoms with Gasteiger partial charge in [-0.05, 0) is 31.0 Å². The number of aromatic nitrogens is 2. The summed E-state index contributed by atoms with van der Waals surface area (Å²) in [6.07, 6.45) is 5.01. The van der Waals surface area contributed by atoms with Gasteiger partial charge in [0, 0.05) is 37.0 Å². The van der Waals surface area contributed by atoms with E-state index in [1.807, 2.05) is 10.8 Å². The maximum Gasteiger partial charge on any atom is 0.126 e. The van der Waals surface area contributed by atoms with E-state index in [4.69, 9.17) is 5.73 Å². The molecule has 0 amide bonds. The van der Waals surface area contributed by atoms with Crippen molar-refractivity contribution in [2.45, 2.75) is 38.8 Å². The largest absolute Gasteiger partial charge is 0.335 e. The highest BCUT2D eigenvalue weighted by molar-refractivity contribution is 5.26. The summed E-state index contributed by atoms with van der Waals surface area (Å²) in [6.45, 7) is 4.68. The summed E-state index contributed by atoms with van der Waals surface area (Å²) in [5, 5.41) is 0. The lowest BCUT2D eigenvalue weighted by Crippen LogP contribution is -2.36. The van der Waals surface area contributed by atoms with Gasteiger partial charge in [0.2, 0.25) is 0 Å². The Bertz CT molecular complexity index is 570. The Kier molecular flexibility index (Phi) is 4.18. The topological polar surface area (TPSA) is 43.8 Å². The van der Waals surface area contributed by atoms with Gasteiger partial charge in [0.1, 0.15) is 17.5 Å². The van der Waals surface area contributed by atoms with Crippen LogP contribution in [0.15, 0.2) is 30.6 Å². The smallest absolute Gasteiger partial charge is 0.126 e. The molecule has 3 nitrogen and oxygen atoms in total. The Balaban J connectivity index is 2.27. The van der Waals surface area contributed by atoms with Gasteiger partial charge in [0.15, 0.2) is 0 Å². The Labute approximate surface area is 117 Å². The minimum Gasteiger partial charge on any atom is -0.335 e. The minimum absolute atomic E-state index is 0.420. The number of imidazole rings is 1. The molecule has 1 aromatic carbocycles. The number of nitrogens with zero attached hydrogens (tertiary/aromatic N) is 2. The van der Waals surface area contributed by atoms with E-state index < -0.39 is 17.2 Å². The first-order chi connectivity index (χ1) is 9.42. The molecule has 0 aliphatic rings. The molecule has 0 bridgehead atoms. The summed E-state index contributed by atoms with van der Waals surface area (Å²) in [7, 11) is 0. The van der Waals surface area contributed by atoms with Crippen LogP contribution in [0.5, 0.6) is 0 Å². The number of hydrogen-bond acceptors (Lipinski definition) is 2. The van der Waals surface area contributed by atoms with Gasteiger partial charge in [0.05, 0.1) is 0 Å².